The molecule has 20 heavy (non-hydrogen) atoms. The molecule has 3 nitrogen and oxygen atoms in total. The van der Waals surface area contributed by atoms with Gasteiger partial charge >= 0.3 is 6.03 Å². The van der Waals surface area contributed by atoms with Crippen LogP contribution in [0.4, 0.5) is 10.5 Å². The van der Waals surface area contributed by atoms with Crippen molar-refractivity contribution in [3.05, 3.63) is 40.6 Å². The SMILES string of the molecule is Cc1cc(C)c(NC(=O)N/C=C/C2CCCC2)c(Cl)c1. The molecule has 2 N–H and O–H groups in total. The molecule has 108 valence electrons. The highest BCUT2D eigenvalue weighted by Crippen LogP contribution is 2.27. The van der Waals surface area contributed by atoms with Crippen molar-refractivity contribution in [2.45, 2.75) is 39.5 Å². The normalized spacial score (nSPS) is 15.8. The Balaban J connectivity index is 1.91. The molecule has 1 aliphatic rings. The molecule has 2 rings (SSSR count). The Morgan fingerprint density at radius 2 is 2.00 bits per heavy atom. The summed E-state index contributed by atoms with van der Waals surface area (Å²) in [6.45, 7) is 3.91. The molecule has 4 heteroatoms. The summed E-state index contributed by atoms with van der Waals surface area (Å²) in [6.07, 6.45) is 8.85. The van der Waals surface area contributed by atoms with Gasteiger partial charge in [0.2, 0.25) is 0 Å². The Kier molecular flexibility index (Phi) is 5.07. The van der Waals surface area contributed by atoms with Crippen molar-refractivity contribution in [3.8, 4) is 0 Å². The monoisotopic (exact) mass is 292 g/mol. The smallest absolute Gasteiger partial charge is 0.315 e. The molecule has 1 aromatic rings. The minimum atomic E-state index is -0.256. The summed E-state index contributed by atoms with van der Waals surface area (Å²) in [4.78, 5) is 11.8. The molecular formula is C16H21ClN2O. The van der Waals surface area contributed by atoms with Gasteiger partial charge in [-0.3, -0.25) is 0 Å². The summed E-state index contributed by atoms with van der Waals surface area (Å²) in [7, 11) is 0. The van der Waals surface area contributed by atoms with Crippen molar-refractivity contribution in [1.29, 1.82) is 0 Å². The minimum Gasteiger partial charge on any atom is -0.315 e. The number of halogens is 1. The van der Waals surface area contributed by atoms with E-state index in [1.165, 1.54) is 25.7 Å². The minimum absolute atomic E-state index is 0.256. The van der Waals surface area contributed by atoms with Crippen molar-refractivity contribution in [2.75, 3.05) is 5.32 Å². The number of benzene rings is 1. The zero-order valence-electron chi connectivity index (χ0n) is 12.0. The lowest BCUT2D eigenvalue weighted by Gasteiger charge is -2.11. The van der Waals surface area contributed by atoms with Crippen LogP contribution in [0, 0.1) is 19.8 Å². The second-order valence-corrected chi connectivity index (χ2v) is 5.85. The van der Waals surface area contributed by atoms with Gasteiger partial charge < -0.3 is 10.6 Å². The summed E-state index contributed by atoms with van der Waals surface area (Å²) in [5.41, 5.74) is 2.72. The molecule has 1 aliphatic carbocycles. The first kappa shape index (κ1) is 14.9. The number of anilines is 1. The summed E-state index contributed by atoms with van der Waals surface area (Å²) in [5.74, 6) is 0.611. The molecule has 0 radical (unpaired) electrons. The Morgan fingerprint density at radius 1 is 1.30 bits per heavy atom. The topological polar surface area (TPSA) is 41.1 Å². The fraction of sp³-hybridized carbons (Fsp3) is 0.438. The Labute approximate surface area is 125 Å². The van der Waals surface area contributed by atoms with Gasteiger partial charge in [-0.05, 0) is 49.8 Å². The highest BCUT2D eigenvalue weighted by Gasteiger charge is 2.12. The van der Waals surface area contributed by atoms with E-state index in [-0.39, 0.29) is 6.03 Å². The summed E-state index contributed by atoms with van der Waals surface area (Å²) in [5, 5.41) is 6.10. The van der Waals surface area contributed by atoms with E-state index in [4.69, 9.17) is 11.6 Å². The highest BCUT2D eigenvalue weighted by atomic mass is 35.5. The maximum Gasteiger partial charge on any atom is 0.323 e. The van der Waals surface area contributed by atoms with Crippen LogP contribution >= 0.6 is 11.6 Å². The quantitative estimate of drug-likeness (QED) is 0.827. The Bertz CT molecular complexity index is 496. The van der Waals surface area contributed by atoms with Crippen molar-refractivity contribution in [2.24, 2.45) is 5.92 Å². The van der Waals surface area contributed by atoms with Gasteiger partial charge in [-0.25, -0.2) is 4.79 Å². The fourth-order valence-corrected chi connectivity index (χ4v) is 3.00. The second kappa shape index (κ2) is 6.80. The molecule has 0 unspecified atom stereocenters. The number of hydrogen-bond acceptors (Lipinski definition) is 1. The van der Waals surface area contributed by atoms with Crippen LogP contribution in [0.1, 0.15) is 36.8 Å². The predicted octanol–water partition coefficient (Wildman–Crippen LogP) is 4.78. The first-order chi connectivity index (χ1) is 9.56. The Hall–Kier alpha value is -1.48. The van der Waals surface area contributed by atoms with Gasteiger partial charge in [0.1, 0.15) is 0 Å². The number of hydrogen-bond donors (Lipinski definition) is 2. The molecule has 2 amide bonds. The van der Waals surface area contributed by atoms with Crippen LogP contribution in [0.25, 0.3) is 0 Å². The predicted molar refractivity (Wildman–Crippen MR) is 84.2 cm³/mol. The number of carbonyl (C=O) groups is 1. The molecule has 1 fully saturated rings. The van der Waals surface area contributed by atoms with E-state index in [0.717, 1.165) is 11.1 Å². The lowest BCUT2D eigenvalue weighted by molar-refractivity contribution is 0.255. The van der Waals surface area contributed by atoms with Gasteiger partial charge in [0.05, 0.1) is 10.7 Å². The first-order valence-corrected chi connectivity index (χ1v) is 7.45. The summed E-state index contributed by atoms with van der Waals surface area (Å²) < 4.78 is 0. The zero-order valence-corrected chi connectivity index (χ0v) is 12.8. The lowest BCUT2D eigenvalue weighted by Crippen LogP contribution is -2.24. The van der Waals surface area contributed by atoms with E-state index in [2.05, 4.69) is 16.7 Å². The van der Waals surface area contributed by atoms with Crippen LogP contribution < -0.4 is 10.6 Å². The average Bonchev–Trinajstić information content (AvgIpc) is 2.87. The van der Waals surface area contributed by atoms with Gasteiger partial charge in [0.15, 0.2) is 0 Å². The lowest BCUT2D eigenvalue weighted by atomic mass is 10.1. The van der Waals surface area contributed by atoms with Crippen molar-refractivity contribution in [1.82, 2.24) is 5.32 Å². The van der Waals surface area contributed by atoms with Crippen LogP contribution in [-0.2, 0) is 0 Å². The maximum absolute atomic E-state index is 11.8. The van der Waals surface area contributed by atoms with E-state index in [0.29, 0.717) is 16.6 Å². The molecule has 0 saturated heterocycles. The standard InChI is InChI=1S/C16H21ClN2O/c1-11-9-12(2)15(14(17)10-11)19-16(20)18-8-7-13-5-3-4-6-13/h7-10,13H,3-6H2,1-2H3,(H2,18,19,20)/b8-7+. The fourth-order valence-electron chi connectivity index (χ4n) is 2.63. The Morgan fingerprint density at radius 3 is 2.65 bits per heavy atom. The van der Waals surface area contributed by atoms with Crippen LogP contribution in [0.3, 0.4) is 0 Å². The maximum atomic E-state index is 11.8. The number of allylic oxidation sites excluding steroid dienone is 1. The van der Waals surface area contributed by atoms with Crippen LogP contribution in [0.2, 0.25) is 5.02 Å². The summed E-state index contributed by atoms with van der Waals surface area (Å²) in [6, 6.07) is 3.59. The van der Waals surface area contributed by atoms with Crippen molar-refractivity contribution < 1.29 is 4.79 Å². The molecule has 0 spiro atoms. The van der Waals surface area contributed by atoms with Crippen LogP contribution in [-0.4, -0.2) is 6.03 Å². The molecule has 0 heterocycles. The van der Waals surface area contributed by atoms with Gasteiger partial charge in [-0.1, -0.05) is 36.6 Å². The third-order valence-electron chi connectivity index (χ3n) is 3.65. The van der Waals surface area contributed by atoms with E-state index < -0.39 is 0 Å². The number of nitrogens with one attached hydrogen (secondary N) is 2. The molecule has 0 bridgehead atoms. The van der Waals surface area contributed by atoms with E-state index in [9.17, 15) is 4.79 Å². The first-order valence-electron chi connectivity index (χ1n) is 7.07. The molecule has 1 aromatic carbocycles. The van der Waals surface area contributed by atoms with Gasteiger partial charge in [0.25, 0.3) is 0 Å². The average molecular weight is 293 g/mol. The van der Waals surface area contributed by atoms with Crippen molar-refractivity contribution in [3.63, 3.8) is 0 Å². The number of rotatable bonds is 3. The number of urea groups is 1. The van der Waals surface area contributed by atoms with Gasteiger partial charge in [0, 0.05) is 6.20 Å². The molecule has 0 atom stereocenters. The van der Waals surface area contributed by atoms with Crippen LogP contribution in [0.15, 0.2) is 24.4 Å². The van der Waals surface area contributed by atoms with Crippen molar-refractivity contribution >= 4 is 23.3 Å². The largest absolute Gasteiger partial charge is 0.323 e. The molecule has 0 aromatic heterocycles. The number of amides is 2. The third kappa shape index (κ3) is 4.01. The second-order valence-electron chi connectivity index (χ2n) is 5.44. The zero-order chi connectivity index (χ0) is 14.5. The number of aryl methyl sites for hydroxylation is 2. The number of carbonyl (C=O) groups excluding carboxylic acids is 1. The molecule has 0 aliphatic heterocycles. The van der Waals surface area contributed by atoms with E-state index in [1.54, 1.807) is 6.20 Å². The van der Waals surface area contributed by atoms with E-state index in [1.807, 2.05) is 26.0 Å². The third-order valence-corrected chi connectivity index (χ3v) is 3.95. The van der Waals surface area contributed by atoms with Gasteiger partial charge in [-0.2, -0.15) is 0 Å². The van der Waals surface area contributed by atoms with E-state index >= 15 is 0 Å². The highest BCUT2D eigenvalue weighted by molar-refractivity contribution is 6.34. The van der Waals surface area contributed by atoms with Crippen LogP contribution in [0.5, 0.6) is 0 Å². The molecule has 1 saturated carbocycles. The summed E-state index contributed by atoms with van der Waals surface area (Å²) >= 11 is 6.16. The molecular weight excluding hydrogens is 272 g/mol. The van der Waals surface area contributed by atoms with Gasteiger partial charge in [-0.15, -0.1) is 0 Å².